The van der Waals surface area contributed by atoms with Gasteiger partial charge in [-0.2, -0.15) is 0 Å². The Morgan fingerprint density at radius 2 is 1.97 bits per heavy atom. The van der Waals surface area contributed by atoms with Gasteiger partial charge in [0.1, 0.15) is 0 Å². The first-order valence-corrected chi connectivity index (χ1v) is 11.2. The first kappa shape index (κ1) is 20.3. The van der Waals surface area contributed by atoms with E-state index in [1.165, 1.54) is 16.5 Å². The second kappa shape index (κ2) is 7.07. The van der Waals surface area contributed by atoms with Gasteiger partial charge < -0.3 is 14.4 Å². The molecule has 1 amide bonds. The first-order chi connectivity index (χ1) is 15.8. The van der Waals surface area contributed by atoms with Crippen LogP contribution in [0, 0.1) is 5.92 Å². The maximum absolute atomic E-state index is 13.5. The van der Waals surface area contributed by atoms with Gasteiger partial charge in [-0.15, -0.1) is 0 Å². The number of amides is 1. The van der Waals surface area contributed by atoms with Crippen LogP contribution >= 0.6 is 0 Å². The summed E-state index contributed by atoms with van der Waals surface area (Å²) in [5.41, 5.74) is 5.77. The molecule has 0 spiro atoms. The van der Waals surface area contributed by atoms with E-state index in [0.717, 1.165) is 29.9 Å². The summed E-state index contributed by atoms with van der Waals surface area (Å²) >= 11 is 0. The number of rotatable bonds is 2. The predicted molar refractivity (Wildman–Crippen MR) is 119 cm³/mol. The molecule has 2 aliphatic heterocycles. The van der Waals surface area contributed by atoms with Crippen LogP contribution in [0.15, 0.2) is 58.0 Å². The number of likely N-dealkylation sites (tertiary alicyclic amines) is 1. The normalized spacial score (nSPS) is 23.7. The molecule has 7 nitrogen and oxygen atoms in total. The summed E-state index contributed by atoms with van der Waals surface area (Å²) in [6, 6.07) is 1.88. The van der Waals surface area contributed by atoms with E-state index < -0.39 is 5.92 Å². The Morgan fingerprint density at radius 3 is 2.76 bits per heavy atom. The molecule has 0 bridgehead atoms. The summed E-state index contributed by atoms with van der Waals surface area (Å²) < 4.78 is 28.4. The van der Waals surface area contributed by atoms with Crippen molar-refractivity contribution in [3.05, 3.63) is 63.5 Å². The van der Waals surface area contributed by atoms with E-state index in [4.69, 9.17) is 0 Å². The molecule has 2 aromatic heterocycles. The summed E-state index contributed by atoms with van der Waals surface area (Å²) in [4.78, 5) is 37.8. The Bertz CT molecular complexity index is 1350. The SMILES string of the molecule is Cn1cnc2cc(N3CC4CC4=C4CC(C(=O)N5CCC(F)(F)CC5)=CC=C43)cnc2c1=O. The zero-order valence-corrected chi connectivity index (χ0v) is 18.2. The van der Waals surface area contributed by atoms with Crippen molar-refractivity contribution in [2.24, 2.45) is 13.0 Å². The number of hydrogen-bond acceptors (Lipinski definition) is 5. The number of anilines is 1. The van der Waals surface area contributed by atoms with Gasteiger partial charge in [0, 0.05) is 63.1 Å². The van der Waals surface area contributed by atoms with Crippen molar-refractivity contribution in [3.8, 4) is 0 Å². The zero-order chi connectivity index (χ0) is 22.9. The highest BCUT2D eigenvalue weighted by Gasteiger charge is 2.43. The number of fused-ring (bicyclic) bond motifs is 3. The quantitative estimate of drug-likeness (QED) is 0.702. The van der Waals surface area contributed by atoms with Crippen LogP contribution in [0.5, 0.6) is 0 Å². The van der Waals surface area contributed by atoms with Crippen LogP contribution in [-0.2, 0) is 11.8 Å². The van der Waals surface area contributed by atoms with Gasteiger partial charge in [-0.25, -0.2) is 18.7 Å². The predicted octanol–water partition coefficient (Wildman–Crippen LogP) is 2.94. The Morgan fingerprint density at radius 1 is 1.18 bits per heavy atom. The van der Waals surface area contributed by atoms with Crippen LogP contribution in [-0.4, -0.2) is 50.9 Å². The maximum Gasteiger partial charge on any atom is 0.279 e. The maximum atomic E-state index is 13.5. The van der Waals surface area contributed by atoms with Gasteiger partial charge in [-0.1, -0.05) is 11.6 Å². The molecule has 2 aliphatic carbocycles. The number of aromatic nitrogens is 3. The summed E-state index contributed by atoms with van der Waals surface area (Å²) in [7, 11) is 1.65. The number of carbonyl (C=O) groups excluding carboxylic acids is 1. The third-order valence-electron chi connectivity index (χ3n) is 7.11. The molecule has 2 aromatic rings. The minimum Gasteiger partial charge on any atom is -0.339 e. The van der Waals surface area contributed by atoms with Crippen LogP contribution in [0.25, 0.3) is 11.0 Å². The Balaban J connectivity index is 1.31. The molecule has 1 saturated carbocycles. The summed E-state index contributed by atoms with van der Waals surface area (Å²) in [6.45, 7) is 1.01. The highest BCUT2D eigenvalue weighted by atomic mass is 19.3. The van der Waals surface area contributed by atoms with Crippen molar-refractivity contribution in [2.75, 3.05) is 24.5 Å². The van der Waals surface area contributed by atoms with Crippen molar-refractivity contribution in [3.63, 3.8) is 0 Å². The molecule has 0 radical (unpaired) electrons. The monoisotopic (exact) mass is 451 g/mol. The molecule has 33 heavy (non-hydrogen) atoms. The third kappa shape index (κ3) is 3.37. The summed E-state index contributed by atoms with van der Waals surface area (Å²) in [5.74, 6) is -2.38. The van der Waals surface area contributed by atoms with Crippen molar-refractivity contribution < 1.29 is 13.6 Å². The number of alkyl halides is 2. The van der Waals surface area contributed by atoms with E-state index in [-0.39, 0.29) is 37.4 Å². The first-order valence-electron chi connectivity index (χ1n) is 11.2. The van der Waals surface area contributed by atoms with Crippen molar-refractivity contribution in [1.29, 1.82) is 0 Å². The number of hydrogen-bond donors (Lipinski definition) is 0. The van der Waals surface area contributed by atoms with Crippen LogP contribution in [0.2, 0.25) is 0 Å². The molecule has 1 saturated heterocycles. The minimum atomic E-state index is -2.67. The number of halogens is 2. The van der Waals surface area contributed by atoms with Crippen molar-refractivity contribution >= 4 is 22.6 Å². The average Bonchev–Trinajstić information content (AvgIpc) is 3.60. The van der Waals surface area contributed by atoms with Gasteiger partial charge in [0.15, 0.2) is 5.52 Å². The molecule has 2 fully saturated rings. The van der Waals surface area contributed by atoms with E-state index >= 15 is 0 Å². The highest BCUT2D eigenvalue weighted by molar-refractivity contribution is 5.95. The third-order valence-corrected chi connectivity index (χ3v) is 7.11. The molecule has 0 N–H and O–H groups in total. The van der Waals surface area contributed by atoms with E-state index in [1.807, 2.05) is 18.2 Å². The zero-order valence-electron chi connectivity index (χ0n) is 18.2. The Kier molecular flexibility index (Phi) is 4.34. The molecule has 1 atom stereocenters. The fourth-order valence-electron chi connectivity index (χ4n) is 5.07. The molecule has 170 valence electrons. The lowest BCUT2D eigenvalue weighted by molar-refractivity contribution is -0.133. The van der Waals surface area contributed by atoms with E-state index in [9.17, 15) is 18.4 Å². The van der Waals surface area contributed by atoms with Gasteiger partial charge in [0.05, 0.1) is 23.7 Å². The van der Waals surface area contributed by atoms with Crippen molar-refractivity contribution in [2.45, 2.75) is 31.6 Å². The topological polar surface area (TPSA) is 71.3 Å². The number of piperidine rings is 1. The van der Waals surface area contributed by atoms with Crippen molar-refractivity contribution in [1.82, 2.24) is 19.4 Å². The lowest BCUT2D eigenvalue weighted by Crippen LogP contribution is -2.43. The molecule has 0 aromatic carbocycles. The molecule has 9 heteroatoms. The Hall–Kier alpha value is -3.36. The molecule has 4 aliphatic rings. The number of nitrogens with zero attached hydrogens (tertiary/aromatic N) is 5. The molecule has 4 heterocycles. The van der Waals surface area contributed by atoms with Gasteiger partial charge in [-0.05, 0) is 24.1 Å². The lowest BCUT2D eigenvalue weighted by Gasteiger charge is -2.35. The van der Waals surface area contributed by atoms with Gasteiger partial charge in [0.25, 0.3) is 11.5 Å². The van der Waals surface area contributed by atoms with Crippen LogP contribution in [0.4, 0.5) is 14.5 Å². The summed E-state index contributed by atoms with van der Waals surface area (Å²) in [6.07, 6.45) is 7.94. The average molecular weight is 451 g/mol. The smallest absolute Gasteiger partial charge is 0.279 e. The standard InChI is InChI=1S/C24H23F2N5O2/c1-29-13-28-19-10-16(11-27-21(19)23(29)33)31-12-15-9-17(15)18-8-14(2-3-20(18)31)22(32)30-6-4-24(25,26)5-7-30/h2-3,10-11,13,15H,4-9,12H2,1H3. The van der Waals surface area contributed by atoms with Gasteiger partial charge in [0.2, 0.25) is 5.91 Å². The lowest BCUT2D eigenvalue weighted by atomic mass is 9.91. The minimum absolute atomic E-state index is 0.0929. The molecule has 6 rings (SSSR count). The number of carbonyl (C=O) groups is 1. The number of allylic oxidation sites excluding steroid dienone is 3. The Labute approximate surface area is 188 Å². The largest absolute Gasteiger partial charge is 0.339 e. The second-order valence-electron chi connectivity index (χ2n) is 9.31. The van der Waals surface area contributed by atoms with E-state index in [2.05, 4.69) is 14.9 Å². The van der Waals surface area contributed by atoms with Crippen LogP contribution in [0.3, 0.4) is 0 Å². The van der Waals surface area contributed by atoms with Crippen LogP contribution in [0.1, 0.15) is 25.7 Å². The van der Waals surface area contributed by atoms with E-state index in [1.54, 1.807) is 18.1 Å². The van der Waals surface area contributed by atoms with Gasteiger partial charge in [-0.3, -0.25) is 9.59 Å². The number of pyridine rings is 1. The summed E-state index contributed by atoms with van der Waals surface area (Å²) in [5, 5.41) is 0. The molecular formula is C24H23F2N5O2. The highest BCUT2D eigenvalue weighted by Crippen LogP contribution is 2.51. The fraction of sp³-hybridized carbons (Fsp3) is 0.417. The van der Waals surface area contributed by atoms with Gasteiger partial charge >= 0.3 is 0 Å². The van der Waals surface area contributed by atoms with Crippen LogP contribution < -0.4 is 10.5 Å². The van der Waals surface area contributed by atoms with E-state index in [0.29, 0.717) is 28.9 Å². The second-order valence-corrected chi connectivity index (χ2v) is 9.31. The fourth-order valence-corrected chi connectivity index (χ4v) is 5.07. The number of aryl methyl sites for hydroxylation is 1. The molecular weight excluding hydrogens is 428 g/mol. The molecule has 1 unspecified atom stereocenters.